The Kier molecular flexibility index (Phi) is 7.42. The molecule has 2 rings (SSSR count). The molecule has 1 aliphatic rings. The Bertz CT molecular complexity index is 470. The Morgan fingerprint density at radius 1 is 1.24 bits per heavy atom. The first-order valence-corrected chi connectivity index (χ1v) is 6.96. The number of carbonyl (C=O) groups excluding carboxylic acids is 1. The number of hydrazine groups is 1. The van der Waals surface area contributed by atoms with Gasteiger partial charge in [0.25, 0.3) is 0 Å². The van der Waals surface area contributed by atoms with Gasteiger partial charge in [0.15, 0.2) is 0 Å². The molecule has 0 amide bonds. The Morgan fingerprint density at radius 3 is 2.33 bits per heavy atom. The summed E-state index contributed by atoms with van der Waals surface area (Å²) in [4.78, 5) is 21.5. The molecule has 0 heterocycles. The summed E-state index contributed by atoms with van der Waals surface area (Å²) >= 11 is 0. The van der Waals surface area contributed by atoms with Crippen LogP contribution in [0.5, 0.6) is 0 Å². The van der Waals surface area contributed by atoms with Crippen LogP contribution in [0.25, 0.3) is 0 Å². The highest BCUT2D eigenvalue weighted by Gasteiger charge is 2.10. The zero-order valence-electron chi connectivity index (χ0n) is 12.2. The molecule has 6 nitrogen and oxygen atoms in total. The van der Waals surface area contributed by atoms with Crippen molar-refractivity contribution in [2.24, 2.45) is 5.84 Å². The average Bonchev–Trinajstić information content (AvgIpc) is 2.55. The topological polar surface area (TPSA) is 102 Å². The maximum Gasteiger partial charge on any atom is 0.337 e. The maximum absolute atomic E-state index is 11.0. The summed E-state index contributed by atoms with van der Waals surface area (Å²) in [7, 11) is 1.25. The standard InChI is InChI=1S/C9H8O4.C6H14N2/c1-13-9(12)7-4-2-3-6(5-7)8(10)11;7-8-6-4-2-1-3-5-6/h2-5H,1H3,(H,10,11);6,8H,1-5,7H2. The minimum Gasteiger partial charge on any atom is -0.478 e. The third kappa shape index (κ3) is 5.93. The number of ether oxygens (including phenoxy) is 1. The highest BCUT2D eigenvalue weighted by Crippen LogP contribution is 2.16. The van der Waals surface area contributed by atoms with Gasteiger partial charge in [-0.2, -0.15) is 0 Å². The number of benzene rings is 1. The molecule has 0 spiro atoms. The lowest BCUT2D eigenvalue weighted by atomic mass is 9.96. The summed E-state index contributed by atoms with van der Waals surface area (Å²) in [6.07, 6.45) is 6.66. The van der Waals surface area contributed by atoms with Crippen LogP contribution in [0.1, 0.15) is 52.8 Å². The van der Waals surface area contributed by atoms with E-state index in [9.17, 15) is 9.59 Å². The van der Waals surface area contributed by atoms with Crippen molar-refractivity contribution < 1.29 is 19.4 Å². The Hall–Kier alpha value is -1.92. The highest BCUT2D eigenvalue weighted by molar-refractivity contribution is 5.94. The van der Waals surface area contributed by atoms with Gasteiger partial charge in [-0.25, -0.2) is 9.59 Å². The van der Waals surface area contributed by atoms with Crippen LogP contribution in [0.3, 0.4) is 0 Å². The summed E-state index contributed by atoms with van der Waals surface area (Å²) in [5.74, 6) is 3.65. The van der Waals surface area contributed by atoms with Crippen molar-refractivity contribution in [1.29, 1.82) is 0 Å². The number of carboxylic acids is 1. The normalized spacial score (nSPS) is 14.8. The highest BCUT2D eigenvalue weighted by atomic mass is 16.5. The molecule has 21 heavy (non-hydrogen) atoms. The molecule has 0 bridgehead atoms. The molecular formula is C15H22N2O4. The van der Waals surface area contributed by atoms with Crippen LogP contribution in [0.4, 0.5) is 0 Å². The molecule has 1 fully saturated rings. The fourth-order valence-corrected chi connectivity index (χ4v) is 2.17. The molecular weight excluding hydrogens is 272 g/mol. The average molecular weight is 294 g/mol. The summed E-state index contributed by atoms with van der Waals surface area (Å²) in [6.45, 7) is 0. The molecule has 1 aromatic rings. The predicted molar refractivity (Wildman–Crippen MR) is 78.9 cm³/mol. The van der Waals surface area contributed by atoms with Gasteiger partial charge in [-0.05, 0) is 31.0 Å². The van der Waals surface area contributed by atoms with Gasteiger partial charge < -0.3 is 9.84 Å². The molecule has 0 atom stereocenters. The number of nitrogens with two attached hydrogens (primary N) is 1. The van der Waals surface area contributed by atoms with E-state index in [1.165, 1.54) is 63.5 Å². The van der Waals surface area contributed by atoms with E-state index >= 15 is 0 Å². The SMILES string of the molecule is COC(=O)c1cccc(C(=O)O)c1.NNC1CCCCC1. The number of aromatic carboxylic acids is 1. The smallest absolute Gasteiger partial charge is 0.337 e. The molecule has 0 aliphatic heterocycles. The number of carbonyl (C=O) groups is 2. The number of hydrogen-bond acceptors (Lipinski definition) is 5. The fraction of sp³-hybridized carbons (Fsp3) is 0.467. The Morgan fingerprint density at radius 2 is 1.86 bits per heavy atom. The van der Waals surface area contributed by atoms with Crippen LogP contribution in [0.15, 0.2) is 24.3 Å². The lowest BCUT2D eigenvalue weighted by molar-refractivity contribution is 0.0600. The third-order valence-corrected chi connectivity index (χ3v) is 3.37. The number of rotatable bonds is 3. The molecule has 0 aromatic heterocycles. The first-order valence-electron chi connectivity index (χ1n) is 6.96. The van der Waals surface area contributed by atoms with Gasteiger partial charge in [0, 0.05) is 6.04 Å². The number of hydrogen-bond donors (Lipinski definition) is 3. The summed E-state index contributed by atoms with van der Waals surface area (Å²) in [5.41, 5.74) is 3.11. The van der Waals surface area contributed by atoms with E-state index in [4.69, 9.17) is 10.9 Å². The predicted octanol–water partition coefficient (Wildman–Crippen LogP) is 1.95. The maximum atomic E-state index is 11.0. The van der Waals surface area contributed by atoms with E-state index in [2.05, 4.69) is 10.2 Å². The van der Waals surface area contributed by atoms with Crippen LogP contribution in [0.2, 0.25) is 0 Å². The van der Waals surface area contributed by atoms with Gasteiger partial charge in [-0.3, -0.25) is 11.3 Å². The number of methoxy groups -OCH3 is 1. The second kappa shape index (κ2) is 9.10. The quantitative estimate of drug-likeness (QED) is 0.447. The van der Waals surface area contributed by atoms with E-state index in [0.717, 1.165) is 0 Å². The van der Waals surface area contributed by atoms with E-state index in [-0.39, 0.29) is 11.1 Å². The molecule has 1 aromatic carbocycles. The monoisotopic (exact) mass is 294 g/mol. The zero-order valence-corrected chi connectivity index (χ0v) is 12.2. The van der Waals surface area contributed by atoms with Crippen molar-refractivity contribution in [1.82, 2.24) is 5.43 Å². The zero-order chi connectivity index (χ0) is 15.7. The van der Waals surface area contributed by atoms with Gasteiger partial charge in [0.05, 0.1) is 18.2 Å². The third-order valence-electron chi connectivity index (χ3n) is 3.37. The van der Waals surface area contributed by atoms with Gasteiger partial charge in [0.1, 0.15) is 0 Å². The fourth-order valence-electron chi connectivity index (χ4n) is 2.17. The van der Waals surface area contributed by atoms with Crippen molar-refractivity contribution in [3.8, 4) is 0 Å². The number of carboxylic acid groups (broad SMARTS) is 1. The molecule has 0 unspecified atom stereocenters. The van der Waals surface area contributed by atoms with Crippen molar-refractivity contribution in [3.63, 3.8) is 0 Å². The second-order valence-electron chi connectivity index (χ2n) is 4.88. The van der Waals surface area contributed by atoms with Crippen LogP contribution < -0.4 is 11.3 Å². The van der Waals surface area contributed by atoms with E-state index in [1.54, 1.807) is 0 Å². The molecule has 0 saturated heterocycles. The van der Waals surface area contributed by atoms with Gasteiger partial charge >= 0.3 is 11.9 Å². The van der Waals surface area contributed by atoms with Crippen molar-refractivity contribution >= 4 is 11.9 Å². The van der Waals surface area contributed by atoms with Crippen molar-refractivity contribution in [2.45, 2.75) is 38.1 Å². The summed E-state index contributed by atoms with van der Waals surface area (Å²) in [5, 5.41) is 8.61. The van der Waals surface area contributed by atoms with Gasteiger partial charge in [0.2, 0.25) is 0 Å². The van der Waals surface area contributed by atoms with Gasteiger partial charge in [-0.15, -0.1) is 0 Å². The summed E-state index contributed by atoms with van der Waals surface area (Å²) < 4.78 is 4.44. The molecule has 116 valence electrons. The lowest BCUT2D eigenvalue weighted by Gasteiger charge is -2.19. The van der Waals surface area contributed by atoms with Crippen molar-refractivity contribution in [3.05, 3.63) is 35.4 Å². The second-order valence-corrected chi connectivity index (χ2v) is 4.88. The molecule has 6 heteroatoms. The van der Waals surface area contributed by atoms with Crippen LogP contribution in [-0.4, -0.2) is 30.2 Å². The summed E-state index contributed by atoms with van der Waals surface area (Å²) in [6, 6.07) is 6.29. The molecule has 0 radical (unpaired) electrons. The van der Waals surface area contributed by atoms with E-state index in [0.29, 0.717) is 6.04 Å². The largest absolute Gasteiger partial charge is 0.478 e. The minimum atomic E-state index is -1.06. The van der Waals surface area contributed by atoms with Crippen LogP contribution in [-0.2, 0) is 4.74 Å². The Labute approximate surface area is 124 Å². The van der Waals surface area contributed by atoms with Gasteiger partial charge in [-0.1, -0.05) is 25.3 Å². The molecule has 1 saturated carbocycles. The lowest BCUT2D eigenvalue weighted by Crippen LogP contribution is -2.36. The van der Waals surface area contributed by atoms with E-state index < -0.39 is 11.9 Å². The van der Waals surface area contributed by atoms with Crippen LogP contribution >= 0.6 is 0 Å². The Balaban J connectivity index is 0.000000235. The first-order chi connectivity index (χ1) is 10.1. The minimum absolute atomic E-state index is 0.0721. The number of esters is 1. The molecule has 4 N–H and O–H groups in total. The van der Waals surface area contributed by atoms with E-state index in [1.807, 2.05) is 0 Å². The first kappa shape index (κ1) is 17.1. The van der Waals surface area contributed by atoms with Crippen molar-refractivity contribution in [2.75, 3.05) is 7.11 Å². The molecule has 1 aliphatic carbocycles. The number of nitrogens with one attached hydrogen (secondary N) is 1. The van der Waals surface area contributed by atoms with Crippen LogP contribution in [0, 0.1) is 0 Å².